The first-order valence-corrected chi connectivity index (χ1v) is 6.25. The highest BCUT2D eigenvalue weighted by Crippen LogP contribution is 2.19. The second kappa shape index (κ2) is 5.61. The van der Waals surface area contributed by atoms with E-state index < -0.39 is 0 Å². The number of nitrogen functional groups attached to an aromatic ring is 1. The normalized spacial score (nSPS) is 12.1. The molecule has 100 valence electrons. The molecule has 4 heteroatoms. The summed E-state index contributed by atoms with van der Waals surface area (Å²) in [4.78, 5) is 11.4. The van der Waals surface area contributed by atoms with Gasteiger partial charge in [0.05, 0.1) is 6.26 Å². The van der Waals surface area contributed by atoms with Crippen LogP contribution >= 0.6 is 0 Å². The van der Waals surface area contributed by atoms with Crippen LogP contribution in [0, 0.1) is 0 Å². The highest BCUT2D eigenvalue weighted by molar-refractivity contribution is 6.00. The van der Waals surface area contributed by atoms with Gasteiger partial charge in [-0.25, -0.2) is 0 Å². The Balaban J connectivity index is 2.06. The number of anilines is 2. The Hall–Kier alpha value is -2.23. The van der Waals surface area contributed by atoms with Crippen molar-refractivity contribution in [3.05, 3.63) is 47.9 Å². The molecule has 0 radical (unpaired) electrons. The largest absolute Gasteiger partial charge is 0.469 e. The lowest BCUT2D eigenvalue weighted by atomic mass is 10.1. The number of benzene rings is 1. The zero-order valence-electron chi connectivity index (χ0n) is 11.1. The first-order valence-electron chi connectivity index (χ1n) is 6.25. The average molecular weight is 258 g/mol. The summed E-state index contributed by atoms with van der Waals surface area (Å²) in [5, 5.41) is 3.33. The minimum atomic E-state index is -0.0279. The molecule has 0 fully saturated rings. The molecule has 0 aliphatic rings. The van der Waals surface area contributed by atoms with E-state index in [-0.39, 0.29) is 11.8 Å². The highest BCUT2D eigenvalue weighted by Gasteiger charge is 2.09. The Labute approximate surface area is 112 Å². The standard InChI is InChI=1S/C15H18N2O2/c1-10(8-13-4-3-7-19-13)17-12-5-6-15(16)14(9-12)11(2)18/h3-7,9-10,17H,8,16H2,1-2H3. The van der Waals surface area contributed by atoms with E-state index in [0.717, 1.165) is 17.9 Å². The van der Waals surface area contributed by atoms with E-state index in [4.69, 9.17) is 10.2 Å². The summed E-state index contributed by atoms with van der Waals surface area (Å²) >= 11 is 0. The zero-order chi connectivity index (χ0) is 13.8. The molecule has 1 aromatic heterocycles. The molecule has 1 unspecified atom stereocenters. The highest BCUT2D eigenvalue weighted by atomic mass is 16.3. The lowest BCUT2D eigenvalue weighted by molar-refractivity contribution is 0.101. The molecule has 4 nitrogen and oxygen atoms in total. The summed E-state index contributed by atoms with van der Waals surface area (Å²) in [6.07, 6.45) is 2.45. The Bertz CT molecular complexity index is 562. The van der Waals surface area contributed by atoms with Gasteiger partial charge in [0.2, 0.25) is 0 Å². The topological polar surface area (TPSA) is 68.3 Å². The number of ketones is 1. The van der Waals surface area contributed by atoms with Crippen molar-refractivity contribution in [1.82, 2.24) is 0 Å². The Morgan fingerprint density at radius 1 is 1.42 bits per heavy atom. The van der Waals surface area contributed by atoms with E-state index in [2.05, 4.69) is 12.2 Å². The molecule has 1 aromatic carbocycles. The molecule has 2 aromatic rings. The fourth-order valence-electron chi connectivity index (χ4n) is 2.02. The number of nitrogens with two attached hydrogens (primary N) is 1. The van der Waals surface area contributed by atoms with E-state index >= 15 is 0 Å². The molecule has 19 heavy (non-hydrogen) atoms. The number of carbonyl (C=O) groups is 1. The Morgan fingerprint density at radius 2 is 2.21 bits per heavy atom. The van der Waals surface area contributed by atoms with Crippen LogP contribution in [-0.4, -0.2) is 11.8 Å². The van der Waals surface area contributed by atoms with E-state index in [9.17, 15) is 4.79 Å². The number of furan rings is 1. The maximum atomic E-state index is 11.4. The first kappa shape index (κ1) is 13.2. The average Bonchev–Trinajstić information content (AvgIpc) is 2.84. The van der Waals surface area contributed by atoms with Crippen LogP contribution in [-0.2, 0) is 6.42 Å². The summed E-state index contributed by atoms with van der Waals surface area (Å²) in [7, 11) is 0. The molecule has 0 spiro atoms. The van der Waals surface area contributed by atoms with Crippen molar-refractivity contribution >= 4 is 17.2 Å². The lowest BCUT2D eigenvalue weighted by Crippen LogP contribution is -2.18. The molecule has 0 aliphatic carbocycles. The minimum absolute atomic E-state index is 0.0279. The molecule has 3 N–H and O–H groups in total. The van der Waals surface area contributed by atoms with Crippen molar-refractivity contribution in [3.63, 3.8) is 0 Å². The molecule has 0 bridgehead atoms. The Kier molecular flexibility index (Phi) is 3.90. The van der Waals surface area contributed by atoms with Crippen LogP contribution in [0.1, 0.15) is 30.0 Å². The predicted molar refractivity (Wildman–Crippen MR) is 76.4 cm³/mol. The first-order chi connectivity index (χ1) is 9.06. The SMILES string of the molecule is CC(=O)c1cc(NC(C)Cc2ccco2)ccc1N. The van der Waals surface area contributed by atoms with Crippen molar-refractivity contribution in [2.45, 2.75) is 26.3 Å². The molecular weight excluding hydrogens is 240 g/mol. The van der Waals surface area contributed by atoms with Gasteiger partial charge in [0.25, 0.3) is 0 Å². The Morgan fingerprint density at radius 3 is 2.84 bits per heavy atom. The van der Waals surface area contributed by atoms with Crippen LogP contribution in [0.15, 0.2) is 41.0 Å². The monoisotopic (exact) mass is 258 g/mol. The van der Waals surface area contributed by atoms with E-state index in [1.165, 1.54) is 6.92 Å². The third kappa shape index (κ3) is 3.37. The van der Waals surface area contributed by atoms with Crippen molar-refractivity contribution in [3.8, 4) is 0 Å². The third-order valence-corrected chi connectivity index (χ3v) is 2.93. The molecule has 2 rings (SSSR count). The fraction of sp³-hybridized carbons (Fsp3) is 0.267. The summed E-state index contributed by atoms with van der Waals surface area (Å²) in [5.74, 6) is 0.905. The minimum Gasteiger partial charge on any atom is -0.469 e. The van der Waals surface area contributed by atoms with Crippen LogP contribution in [0.3, 0.4) is 0 Å². The van der Waals surface area contributed by atoms with Crippen LogP contribution in [0.25, 0.3) is 0 Å². The third-order valence-electron chi connectivity index (χ3n) is 2.93. The smallest absolute Gasteiger partial charge is 0.161 e. The zero-order valence-corrected chi connectivity index (χ0v) is 11.1. The number of rotatable bonds is 5. The molecule has 0 saturated carbocycles. The van der Waals surface area contributed by atoms with Gasteiger partial charge >= 0.3 is 0 Å². The fourth-order valence-corrected chi connectivity index (χ4v) is 2.02. The van der Waals surface area contributed by atoms with Gasteiger partial charge in [-0.1, -0.05) is 0 Å². The van der Waals surface area contributed by atoms with Gasteiger partial charge in [-0.05, 0) is 44.2 Å². The second-order valence-corrected chi connectivity index (χ2v) is 4.69. The van der Waals surface area contributed by atoms with Crippen molar-refractivity contribution in [1.29, 1.82) is 0 Å². The molecular formula is C15H18N2O2. The van der Waals surface area contributed by atoms with Crippen LogP contribution < -0.4 is 11.1 Å². The van der Waals surface area contributed by atoms with Gasteiger partial charge in [-0.15, -0.1) is 0 Å². The van der Waals surface area contributed by atoms with Gasteiger partial charge in [0.15, 0.2) is 5.78 Å². The number of carbonyl (C=O) groups excluding carboxylic acids is 1. The second-order valence-electron chi connectivity index (χ2n) is 4.69. The van der Waals surface area contributed by atoms with Gasteiger partial charge in [0.1, 0.15) is 5.76 Å². The molecule has 0 aliphatic heterocycles. The summed E-state index contributed by atoms with van der Waals surface area (Å²) in [6, 6.07) is 9.44. The summed E-state index contributed by atoms with van der Waals surface area (Å²) in [6.45, 7) is 3.58. The van der Waals surface area contributed by atoms with Crippen LogP contribution in [0.5, 0.6) is 0 Å². The quantitative estimate of drug-likeness (QED) is 0.638. The predicted octanol–water partition coefficient (Wildman–Crippen LogP) is 3.11. The number of Topliss-reactive ketones (excluding diaryl/α,β-unsaturated/α-hetero) is 1. The molecule has 0 amide bonds. The van der Waals surface area contributed by atoms with Gasteiger partial charge in [0, 0.05) is 29.4 Å². The van der Waals surface area contributed by atoms with Gasteiger partial charge < -0.3 is 15.5 Å². The summed E-state index contributed by atoms with van der Waals surface area (Å²) < 4.78 is 5.31. The van der Waals surface area contributed by atoms with Crippen molar-refractivity contribution in [2.75, 3.05) is 11.1 Å². The number of nitrogens with one attached hydrogen (secondary N) is 1. The lowest BCUT2D eigenvalue weighted by Gasteiger charge is -2.15. The van der Waals surface area contributed by atoms with E-state index in [1.54, 1.807) is 18.4 Å². The maximum absolute atomic E-state index is 11.4. The van der Waals surface area contributed by atoms with Crippen molar-refractivity contribution in [2.24, 2.45) is 0 Å². The molecule has 1 heterocycles. The van der Waals surface area contributed by atoms with Crippen molar-refractivity contribution < 1.29 is 9.21 Å². The molecule has 0 saturated heterocycles. The van der Waals surface area contributed by atoms with E-state index in [0.29, 0.717) is 11.3 Å². The number of hydrogen-bond acceptors (Lipinski definition) is 4. The van der Waals surface area contributed by atoms with Gasteiger partial charge in [-0.2, -0.15) is 0 Å². The molecule has 1 atom stereocenters. The van der Waals surface area contributed by atoms with E-state index in [1.807, 2.05) is 18.2 Å². The van der Waals surface area contributed by atoms with Crippen LogP contribution in [0.2, 0.25) is 0 Å². The maximum Gasteiger partial charge on any atom is 0.161 e. The van der Waals surface area contributed by atoms with Gasteiger partial charge in [-0.3, -0.25) is 4.79 Å². The number of hydrogen-bond donors (Lipinski definition) is 2. The van der Waals surface area contributed by atoms with Crippen LogP contribution in [0.4, 0.5) is 11.4 Å². The summed E-state index contributed by atoms with van der Waals surface area (Å²) in [5.41, 5.74) is 7.72.